The van der Waals surface area contributed by atoms with E-state index in [4.69, 9.17) is 14.6 Å². The Morgan fingerprint density at radius 3 is 2.52 bits per heavy atom. The fourth-order valence-electron chi connectivity index (χ4n) is 1.66. The lowest BCUT2D eigenvalue weighted by atomic mass is 10.1. The van der Waals surface area contributed by atoms with Crippen LogP contribution in [0.15, 0.2) is 24.3 Å². The van der Waals surface area contributed by atoms with Crippen molar-refractivity contribution in [1.82, 2.24) is 5.32 Å². The molecule has 21 heavy (non-hydrogen) atoms. The van der Waals surface area contributed by atoms with Gasteiger partial charge in [0, 0.05) is 13.5 Å². The Morgan fingerprint density at radius 1 is 1.19 bits per heavy atom. The Bertz CT molecular complexity index is 444. The Morgan fingerprint density at radius 2 is 1.90 bits per heavy atom. The Hall–Kier alpha value is -2.08. The van der Waals surface area contributed by atoms with Crippen LogP contribution in [0, 0.1) is 0 Å². The standard InChI is InChI=1S/C15H21NO5/c1-20-10-8-12-4-6-13(7-5-12)21-9-2-3-14(17)16-11-15(18)19/h4-7H,2-3,8-11H2,1H3,(H,16,17)(H,18,19). The number of methoxy groups -OCH3 is 1. The van der Waals surface area contributed by atoms with Gasteiger partial charge < -0.3 is 19.9 Å². The molecule has 6 nitrogen and oxygen atoms in total. The van der Waals surface area contributed by atoms with Gasteiger partial charge in [-0.25, -0.2) is 0 Å². The zero-order valence-corrected chi connectivity index (χ0v) is 12.1. The van der Waals surface area contributed by atoms with E-state index in [-0.39, 0.29) is 18.9 Å². The van der Waals surface area contributed by atoms with E-state index >= 15 is 0 Å². The minimum atomic E-state index is -1.05. The number of carboxylic acids is 1. The molecular formula is C15H21NO5. The van der Waals surface area contributed by atoms with E-state index in [2.05, 4.69) is 5.32 Å². The number of benzene rings is 1. The molecule has 0 aliphatic rings. The third-order valence-electron chi connectivity index (χ3n) is 2.77. The lowest BCUT2D eigenvalue weighted by Gasteiger charge is -2.07. The summed E-state index contributed by atoms with van der Waals surface area (Å²) in [7, 11) is 1.67. The van der Waals surface area contributed by atoms with Gasteiger partial charge in [-0.05, 0) is 30.5 Å². The normalized spacial score (nSPS) is 10.1. The molecule has 1 aromatic rings. The summed E-state index contributed by atoms with van der Waals surface area (Å²) in [5, 5.41) is 10.7. The minimum Gasteiger partial charge on any atom is -0.494 e. The number of hydrogen-bond acceptors (Lipinski definition) is 4. The van der Waals surface area contributed by atoms with E-state index in [1.54, 1.807) is 7.11 Å². The van der Waals surface area contributed by atoms with Gasteiger partial charge in [-0.3, -0.25) is 9.59 Å². The van der Waals surface area contributed by atoms with Gasteiger partial charge in [0.1, 0.15) is 12.3 Å². The van der Waals surface area contributed by atoms with Crippen molar-refractivity contribution in [1.29, 1.82) is 0 Å². The van der Waals surface area contributed by atoms with Gasteiger partial charge in [0.25, 0.3) is 0 Å². The van der Waals surface area contributed by atoms with Crippen LogP contribution in [0.2, 0.25) is 0 Å². The highest BCUT2D eigenvalue weighted by molar-refractivity contribution is 5.80. The van der Waals surface area contributed by atoms with Crippen molar-refractivity contribution in [3.05, 3.63) is 29.8 Å². The number of amides is 1. The molecule has 1 rings (SSSR count). The molecule has 0 unspecified atom stereocenters. The fourth-order valence-corrected chi connectivity index (χ4v) is 1.66. The summed E-state index contributed by atoms with van der Waals surface area (Å²) in [5.41, 5.74) is 1.18. The van der Waals surface area contributed by atoms with Crippen molar-refractivity contribution >= 4 is 11.9 Å². The molecule has 0 saturated carbocycles. The molecule has 0 bridgehead atoms. The first kappa shape index (κ1) is 17.0. The van der Waals surface area contributed by atoms with Crippen molar-refractivity contribution < 1.29 is 24.2 Å². The van der Waals surface area contributed by atoms with Crippen LogP contribution in [-0.4, -0.2) is 43.9 Å². The molecule has 1 amide bonds. The van der Waals surface area contributed by atoms with Gasteiger partial charge in [-0.2, -0.15) is 0 Å². The van der Waals surface area contributed by atoms with Crippen LogP contribution in [-0.2, 0) is 20.7 Å². The highest BCUT2D eigenvalue weighted by Crippen LogP contribution is 2.13. The molecule has 0 aliphatic carbocycles. The van der Waals surface area contributed by atoms with Crippen LogP contribution in [0.1, 0.15) is 18.4 Å². The van der Waals surface area contributed by atoms with Crippen molar-refractivity contribution in [3.63, 3.8) is 0 Å². The number of aliphatic carboxylic acids is 1. The highest BCUT2D eigenvalue weighted by Gasteiger charge is 2.03. The van der Waals surface area contributed by atoms with Crippen LogP contribution >= 0.6 is 0 Å². The lowest BCUT2D eigenvalue weighted by molar-refractivity contribution is -0.137. The van der Waals surface area contributed by atoms with Crippen LogP contribution in [0.4, 0.5) is 0 Å². The first-order valence-electron chi connectivity index (χ1n) is 6.81. The molecule has 0 atom stereocenters. The van der Waals surface area contributed by atoms with Crippen LogP contribution in [0.3, 0.4) is 0 Å². The molecule has 1 aromatic carbocycles. The molecule has 2 N–H and O–H groups in total. The molecule has 0 heterocycles. The second-order valence-electron chi connectivity index (χ2n) is 4.51. The van der Waals surface area contributed by atoms with E-state index < -0.39 is 5.97 Å². The van der Waals surface area contributed by atoms with Crippen LogP contribution < -0.4 is 10.1 Å². The maximum atomic E-state index is 11.3. The largest absolute Gasteiger partial charge is 0.494 e. The fraction of sp³-hybridized carbons (Fsp3) is 0.467. The van der Waals surface area contributed by atoms with Crippen molar-refractivity contribution in [2.24, 2.45) is 0 Å². The zero-order valence-electron chi connectivity index (χ0n) is 12.1. The zero-order chi connectivity index (χ0) is 15.5. The second-order valence-corrected chi connectivity index (χ2v) is 4.51. The van der Waals surface area contributed by atoms with Gasteiger partial charge in [-0.1, -0.05) is 12.1 Å². The molecule has 6 heteroatoms. The summed E-state index contributed by atoms with van der Waals surface area (Å²) in [6.07, 6.45) is 1.65. The van der Waals surface area contributed by atoms with E-state index in [1.165, 1.54) is 5.56 Å². The number of carbonyl (C=O) groups is 2. The maximum absolute atomic E-state index is 11.3. The minimum absolute atomic E-state index is 0.249. The Balaban J connectivity index is 2.17. The van der Waals surface area contributed by atoms with Crippen LogP contribution in [0.5, 0.6) is 5.75 Å². The number of hydrogen-bond donors (Lipinski definition) is 2. The summed E-state index contributed by atoms with van der Waals surface area (Å²) in [6, 6.07) is 7.73. The first-order chi connectivity index (χ1) is 10.1. The van der Waals surface area contributed by atoms with E-state index in [0.717, 1.165) is 12.2 Å². The van der Waals surface area contributed by atoms with Crippen molar-refractivity contribution in [2.45, 2.75) is 19.3 Å². The van der Waals surface area contributed by atoms with E-state index in [9.17, 15) is 9.59 Å². The average Bonchev–Trinajstić information content (AvgIpc) is 2.48. The summed E-state index contributed by atoms with van der Waals surface area (Å²) >= 11 is 0. The summed E-state index contributed by atoms with van der Waals surface area (Å²) in [4.78, 5) is 21.5. The molecule has 0 aromatic heterocycles. The first-order valence-corrected chi connectivity index (χ1v) is 6.81. The Kier molecular flexibility index (Phi) is 7.89. The van der Waals surface area contributed by atoms with Gasteiger partial charge in [-0.15, -0.1) is 0 Å². The second kappa shape index (κ2) is 9.77. The van der Waals surface area contributed by atoms with Crippen LogP contribution in [0.25, 0.3) is 0 Å². The number of carbonyl (C=O) groups excluding carboxylic acids is 1. The third-order valence-corrected chi connectivity index (χ3v) is 2.77. The summed E-state index contributed by atoms with van der Waals surface area (Å²) < 4.78 is 10.5. The number of carboxylic acid groups (broad SMARTS) is 1. The molecule has 0 spiro atoms. The molecular weight excluding hydrogens is 274 g/mol. The van der Waals surface area contributed by atoms with Crippen molar-refractivity contribution in [3.8, 4) is 5.75 Å². The van der Waals surface area contributed by atoms with Crippen molar-refractivity contribution in [2.75, 3.05) is 26.9 Å². The topological polar surface area (TPSA) is 84.9 Å². The highest BCUT2D eigenvalue weighted by atomic mass is 16.5. The predicted molar refractivity (Wildman–Crippen MR) is 77.4 cm³/mol. The molecule has 116 valence electrons. The quantitative estimate of drug-likeness (QED) is 0.634. The van der Waals surface area contributed by atoms with E-state index in [1.807, 2.05) is 24.3 Å². The number of nitrogens with one attached hydrogen (secondary N) is 1. The number of ether oxygens (including phenoxy) is 2. The Labute approximate surface area is 124 Å². The molecule has 0 radical (unpaired) electrons. The van der Waals surface area contributed by atoms with E-state index in [0.29, 0.717) is 19.6 Å². The third kappa shape index (κ3) is 7.94. The van der Waals surface area contributed by atoms with Gasteiger partial charge in [0.05, 0.1) is 13.2 Å². The molecule has 0 aliphatic heterocycles. The summed E-state index contributed by atoms with van der Waals surface area (Å²) in [5.74, 6) is -0.578. The monoisotopic (exact) mass is 295 g/mol. The van der Waals surface area contributed by atoms with Gasteiger partial charge in [0.15, 0.2) is 0 Å². The van der Waals surface area contributed by atoms with Gasteiger partial charge >= 0.3 is 5.97 Å². The lowest BCUT2D eigenvalue weighted by Crippen LogP contribution is -2.29. The SMILES string of the molecule is COCCc1ccc(OCCCC(=O)NCC(=O)O)cc1. The number of rotatable bonds is 10. The predicted octanol–water partition coefficient (Wildman–Crippen LogP) is 1.24. The molecule has 0 saturated heterocycles. The smallest absolute Gasteiger partial charge is 0.322 e. The summed E-state index contributed by atoms with van der Waals surface area (Å²) in [6.45, 7) is 0.756. The maximum Gasteiger partial charge on any atom is 0.322 e. The average molecular weight is 295 g/mol. The molecule has 0 fully saturated rings. The van der Waals surface area contributed by atoms with Gasteiger partial charge in [0.2, 0.25) is 5.91 Å².